The molecule has 2 aromatic rings. The van der Waals surface area contributed by atoms with E-state index < -0.39 is 26.5 Å². The van der Waals surface area contributed by atoms with Crippen LogP contribution < -0.4 is 4.72 Å². The fourth-order valence-corrected chi connectivity index (χ4v) is 3.09. The summed E-state index contributed by atoms with van der Waals surface area (Å²) in [5, 5.41) is 12.5. The number of hydrogen-bond acceptors (Lipinski definition) is 6. The molecule has 9 heteroatoms. The van der Waals surface area contributed by atoms with Crippen LogP contribution in [0.3, 0.4) is 0 Å². The quantitative estimate of drug-likeness (QED) is 0.870. The maximum absolute atomic E-state index is 12.1. The number of nitrogens with one attached hydrogen (secondary N) is 1. The highest BCUT2D eigenvalue weighted by atomic mass is 32.2. The minimum atomic E-state index is -4.12. The van der Waals surface area contributed by atoms with Gasteiger partial charge in [0.05, 0.1) is 0 Å². The molecule has 0 atom stereocenters. The van der Waals surface area contributed by atoms with Crippen LogP contribution in [0.2, 0.25) is 0 Å². The lowest BCUT2D eigenvalue weighted by molar-refractivity contribution is 0.0691. The maximum atomic E-state index is 12.1. The van der Waals surface area contributed by atoms with E-state index in [1.807, 2.05) is 0 Å². The molecule has 0 saturated heterocycles. The topological polar surface area (TPSA) is 123 Å². The Morgan fingerprint density at radius 3 is 2.58 bits per heavy atom. The van der Waals surface area contributed by atoms with Crippen molar-refractivity contribution in [3.05, 3.63) is 29.4 Å². The van der Waals surface area contributed by atoms with Crippen LogP contribution in [0.1, 0.15) is 21.9 Å². The molecule has 2 heterocycles. The number of carbonyl (C=O) groups is 1. The number of carboxylic acids is 1. The van der Waals surface area contributed by atoms with Gasteiger partial charge in [-0.25, -0.2) is 13.2 Å². The van der Waals surface area contributed by atoms with Gasteiger partial charge in [-0.3, -0.25) is 4.72 Å². The van der Waals surface area contributed by atoms with Gasteiger partial charge in [-0.15, -0.1) is 0 Å². The zero-order valence-corrected chi connectivity index (χ0v) is 10.8. The molecular weight excluding hydrogens is 276 g/mol. The first-order valence-corrected chi connectivity index (χ1v) is 6.57. The first-order valence-electron chi connectivity index (χ1n) is 5.09. The van der Waals surface area contributed by atoms with Gasteiger partial charge in [-0.05, 0) is 13.8 Å². The minimum absolute atomic E-state index is 0.00843. The predicted molar refractivity (Wildman–Crippen MR) is 62.5 cm³/mol. The fourth-order valence-electron chi connectivity index (χ4n) is 1.69. The highest BCUT2D eigenvalue weighted by molar-refractivity contribution is 7.92. The monoisotopic (exact) mass is 286 g/mol. The van der Waals surface area contributed by atoms with Crippen LogP contribution >= 0.6 is 0 Å². The summed E-state index contributed by atoms with van der Waals surface area (Å²) in [6.07, 6.45) is 1.18. The van der Waals surface area contributed by atoms with Crippen molar-refractivity contribution < 1.29 is 27.3 Å². The summed E-state index contributed by atoms with van der Waals surface area (Å²) >= 11 is 0. The van der Waals surface area contributed by atoms with E-state index in [4.69, 9.17) is 9.52 Å². The molecule has 0 saturated carbocycles. The SMILES string of the molecule is Cc1oc(C)c(S(=O)(=O)Nc2ccon2)c1C(=O)O. The van der Waals surface area contributed by atoms with Crippen molar-refractivity contribution in [3.63, 3.8) is 0 Å². The lowest BCUT2D eigenvalue weighted by Gasteiger charge is -2.04. The Kier molecular flexibility index (Phi) is 3.06. The molecule has 0 unspecified atom stereocenters. The number of hydrogen-bond donors (Lipinski definition) is 2. The van der Waals surface area contributed by atoms with E-state index in [9.17, 15) is 13.2 Å². The molecule has 0 radical (unpaired) electrons. The second-order valence-corrected chi connectivity index (χ2v) is 5.33. The third kappa shape index (κ3) is 2.32. The Morgan fingerprint density at radius 2 is 2.05 bits per heavy atom. The third-order valence-corrected chi connectivity index (χ3v) is 3.87. The Morgan fingerprint density at radius 1 is 1.37 bits per heavy atom. The molecular formula is C10H10N2O6S. The number of rotatable bonds is 4. The molecule has 0 aromatic carbocycles. The summed E-state index contributed by atoms with van der Waals surface area (Å²) in [5.41, 5.74) is -0.395. The Bertz CT molecular complexity index is 714. The molecule has 102 valence electrons. The van der Waals surface area contributed by atoms with Crippen molar-refractivity contribution >= 4 is 21.8 Å². The van der Waals surface area contributed by atoms with Crippen molar-refractivity contribution in [2.75, 3.05) is 4.72 Å². The van der Waals surface area contributed by atoms with Crippen LogP contribution in [-0.2, 0) is 10.0 Å². The van der Waals surface area contributed by atoms with Crippen molar-refractivity contribution in [3.8, 4) is 0 Å². The van der Waals surface area contributed by atoms with Crippen molar-refractivity contribution in [1.82, 2.24) is 5.16 Å². The van der Waals surface area contributed by atoms with E-state index in [1.165, 1.54) is 26.2 Å². The fraction of sp³-hybridized carbons (Fsp3) is 0.200. The largest absolute Gasteiger partial charge is 0.478 e. The molecule has 0 fully saturated rings. The third-order valence-electron chi connectivity index (χ3n) is 2.36. The average molecular weight is 286 g/mol. The van der Waals surface area contributed by atoms with Crippen molar-refractivity contribution in [2.45, 2.75) is 18.7 Å². The highest BCUT2D eigenvalue weighted by Gasteiger charge is 2.31. The summed E-state index contributed by atoms with van der Waals surface area (Å²) < 4.78 is 36.0. The molecule has 19 heavy (non-hydrogen) atoms. The van der Waals surface area contributed by atoms with Gasteiger partial charge in [0.1, 0.15) is 28.2 Å². The van der Waals surface area contributed by atoms with Gasteiger partial charge < -0.3 is 14.0 Å². The number of carboxylic acid groups (broad SMARTS) is 1. The van der Waals surface area contributed by atoms with Crippen LogP contribution in [-0.4, -0.2) is 24.7 Å². The van der Waals surface area contributed by atoms with Crippen LogP contribution in [0, 0.1) is 13.8 Å². The summed E-state index contributed by atoms with van der Waals surface area (Å²) in [7, 11) is -4.12. The molecule has 0 aliphatic carbocycles. The van der Waals surface area contributed by atoms with Gasteiger partial charge in [0.15, 0.2) is 5.82 Å². The number of furan rings is 1. The summed E-state index contributed by atoms with van der Waals surface area (Å²) in [6.45, 7) is 2.75. The number of aromatic nitrogens is 1. The molecule has 0 spiro atoms. The van der Waals surface area contributed by atoms with E-state index in [1.54, 1.807) is 0 Å². The normalized spacial score (nSPS) is 11.5. The van der Waals surface area contributed by atoms with Crippen LogP contribution in [0.5, 0.6) is 0 Å². The molecule has 0 bridgehead atoms. The van der Waals surface area contributed by atoms with Gasteiger partial charge in [0.2, 0.25) is 0 Å². The first-order chi connectivity index (χ1) is 8.83. The van der Waals surface area contributed by atoms with Crippen molar-refractivity contribution in [1.29, 1.82) is 0 Å². The second kappa shape index (κ2) is 4.43. The minimum Gasteiger partial charge on any atom is -0.478 e. The van der Waals surface area contributed by atoms with Gasteiger partial charge in [0, 0.05) is 6.07 Å². The molecule has 2 N–H and O–H groups in total. The van der Waals surface area contributed by atoms with Crippen molar-refractivity contribution in [2.24, 2.45) is 0 Å². The zero-order chi connectivity index (χ0) is 14.2. The van der Waals surface area contributed by atoms with E-state index in [0.29, 0.717) is 0 Å². The van der Waals surface area contributed by atoms with E-state index >= 15 is 0 Å². The molecule has 0 aliphatic rings. The van der Waals surface area contributed by atoms with Gasteiger partial charge in [-0.1, -0.05) is 5.16 Å². The summed E-state index contributed by atoms with van der Waals surface area (Å²) in [4.78, 5) is 10.7. The standard InChI is InChI=1S/C10H10N2O6S/c1-5-8(10(13)14)9(6(2)18-5)19(15,16)12-7-3-4-17-11-7/h3-4H,1-2H3,(H,11,12)(H,13,14). The van der Waals surface area contributed by atoms with Gasteiger partial charge >= 0.3 is 5.97 Å². The zero-order valence-electron chi connectivity index (χ0n) is 10.00. The summed E-state index contributed by atoms with van der Waals surface area (Å²) in [6, 6.07) is 1.29. The Labute approximate surface area is 108 Å². The molecule has 0 aliphatic heterocycles. The van der Waals surface area contributed by atoms with E-state index in [-0.39, 0.29) is 17.3 Å². The molecule has 2 aromatic heterocycles. The molecule has 8 nitrogen and oxygen atoms in total. The molecule has 2 rings (SSSR count). The Hall–Kier alpha value is -2.29. The number of aryl methyl sites for hydroxylation is 2. The lowest BCUT2D eigenvalue weighted by Crippen LogP contribution is -2.17. The average Bonchev–Trinajstić information content (AvgIpc) is 2.85. The highest BCUT2D eigenvalue weighted by Crippen LogP contribution is 2.27. The summed E-state index contributed by atoms with van der Waals surface area (Å²) in [5.74, 6) is -1.42. The lowest BCUT2D eigenvalue weighted by atomic mass is 10.2. The number of sulfonamides is 1. The smallest absolute Gasteiger partial charge is 0.340 e. The first kappa shape index (κ1) is 13.1. The van der Waals surface area contributed by atoms with E-state index in [2.05, 4.69) is 14.4 Å². The van der Waals surface area contributed by atoms with Crippen LogP contribution in [0.15, 0.2) is 26.2 Å². The second-order valence-electron chi connectivity index (χ2n) is 3.71. The van der Waals surface area contributed by atoms with E-state index in [0.717, 1.165) is 0 Å². The Balaban J connectivity index is 2.55. The number of aromatic carboxylic acids is 1. The van der Waals surface area contributed by atoms with Crippen LogP contribution in [0.4, 0.5) is 5.82 Å². The van der Waals surface area contributed by atoms with Crippen LogP contribution in [0.25, 0.3) is 0 Å². The predicted octanol–water partition coefficient (Wildman–Crippen LogP) is 1.38. The maximum Gasteiger partial charge on any atom is 0.340 e. The number of anilines is 1. The van der Waals surface area contributed by atoms with Gasteiger partial charge in [0.25, 0.3) is 10.0 Å². The van der Waals surface area contributed by atoms with Gasteiger partial charge in [-0.2, -0.15) is 0 Å². The molecule has 0 amide bonds. The number of nitrogens with zero attached hydrogens (tertiary/aromatic N) is 1.